The third kappa shape index (κ3) is 4.42. The quantitative estimate of drug-likeness (QED) is 0.356. The third-order valence-corrected chi connectivity index (χ3v) is 3.35. The van der Waals surface area contributed by atoms with Crippen LogP contribution in [-0.2, 0) is 14.3 Å². The summed E-state index contributed by atoms with van der Waals surface area (Å²) in [5.41, 5.74) is -1.43. The first-order chi connectivity index (χ1) is 9.94. The number of hydrogen-bond donors (Lipinski definition) is 0. The maximum absolute atomic E-state index is 12.2. The van der Waals surface area contributed by atoms with Crippen molar-refractivity contribution in [2.75, 3.05) is 0 Å². The number of carbonyl (C=O) groups excluding carboxylic acids is 2. The molecule has 1 aromatic carbocycles. The minimum absolute atomic E-state index is 0.0112. The number of ketones is 1. The topological polar surface area (TPSA) is 86.5 Å². The summed E-state index contributed by atoms with van der Waals surface area (Å²) in [4.78, 5) is 34.5. The maximum Gasteiger partial charge on any atom is 0.321 e. The Kier molecular flexibility index (Phi) is 5.54. The van der Waals surface area contributed by atoms with Gasteiger partial charge in [0.15, 0.2) is 0 Å². The summed E-state index contributed by atoms with van der Waals surface area (Å²) >= 11 is 11.6. The van der Waals surface area contributed by atoms with Gasteiger partial charge < -0.3 is 4.74 Å². The van der Waals surface area contributed by atoms with Crippen LogP contribution in [0.5, 0.6) is 0 Å². The Morgan fingerprint density at radius 3 is 2.14 bits per heavy atom. The Hall–Kier alpha value is -1.66. The van der Waals surface area contributed by atoms with Crippen molar-refractivity contribution in [3.05, 3.63) is 37.9 Å². The van der Waals surface area contributed by atoms with E-state index < -0.39 is 33.9 Å². The molecular weight excluding hydrogens is 333 g/mol. The largest absolute Gasteiger partial charge is 0.459 e. The molecular formula is C14H15Cl2NO5. The number of ether oxygens (including phenoxy) is 1. The average Bonchev–Trinajstić information content (AvgIpc) is 2.30. The number of halogens is 2. The Bertz CT molecular complexity index is 637. The Balaban J connectivity index is 3.45. The highest BCUT2D eigenvalue weighted by Gasteiger charge is 2.35. The highest BCUT2D eigenvalue weighted by Crippen LogP contribution is 2.36. The minimum atomic E-state index is -1.44. The van der Waals surface area contributed by atoms with Gasteiger partial charge in [-0.2, -0.15) is 0 Å². The van der Waals surface area contributed by atoms with E-state index >= 15 is 0 Å². The van der Waals surface area contributed by atoms with Crippen molar-refractivity contribution < 1.29 is 19.2 Å². The molecule has 0 saturated heterocycles. The molecule has 0 bridgehead atoms. The number of esters is 1. The maximum atomic E-state index is 12.2. The van der Waals surface area contributed by atoms with Gasteiger partial charge in [-0.25, -0.2) is 0 Å². The molecule has 0 saturated carbocycles. The van der Waals surface area contributed by atoms with Gasteiger partial charge in [-0.1, -0.05) is 23.2 Å². The Labute approximate surface area is 137 Å². The number of hydrogen-bond acceptors (Lipinski definition) is 5. The van der Waals surface area contributed by atoms with Crippen molar-refractivity contribution in [2.45, 2.75) is 39.2 Å². The van der Waals surface area contributed by atoms with Crippen LogP contribution in [0.15, 0.2) is 12.1 Å². The van der Waals surface area contributed by atoms with E-state index in [1.165, 1.54) is 0 Å². The summed E-state index contributed by atoms with van der Waals surface area (Å²) in [6, 6.07) is 2.16. The molecule has 120 valence electrons. The van der Waals surface area contributed by atoms with Crippen molar-refractivity contribution in [1.82, 2.24) is 0 Å². The standard InChI is InChI=1S/C14H15Cl2NO5/c1-7(18)12(13(19)22-14(2,3)4)8-5-9(15)10(16)6-11(8)17(20)21/h5-6,12H,1-4H3. The molecule has 0 N–H and O–H groups in total. The lowest BCUT2D eigenvalue weighted by Gasteiger charge is -2.23. The molecule has 1 unspecified atom stereocenters. The fourth-order valence-corrected chi connectivity index (χ4v) is 2.14. The van der Waals surface area contributed by atoms with E-state index in [1.807, 2.05) is 0 Å². The number of carbonyl (C=O) groups is 2. The molecule has 0 radical (unpaired) electrons. The Morgan fingerprint density at radius 1 is 1.23 bits per heavy atom. The first-order valence-electron chi connectivity index (χ1n) is 6.30. The molecule has 0 aliphatic heterocycles. The van der Waals surface area contributed by atoms with Gasteiger partial charge in [-0.3, -0.25) is 19.7 Å². The number of nitro benzene ring substituents is 1. The normalized spacial score (nSPS) is 12.6. The van der Waals surface area contributed by atoms with Gasteiger partial charge in [0.2, 0.25) is 0 Å². The molecule has 8 heteroatoms. The molecule has 0 aromatic heterocycles. The van der Waals surface area contributed by atoms with Gasteiger partial charge in [-0.05, 0) is 33.8 Å². The SMILES string of the molecule is CC(=O)C(C(=O)OC(C)(C)C)c1cc(Cl)c(Cl)cc1[N+](=O)[O-]. The smallest absolute Gasteiger partial charge is 0.321 e. The van der Waals surface area contributed by atoms with Crippen LogP contribution in [-0.4, -0.2) is 22.3 Å². The highest BCUT2D eigenvalue weighted by molar-refractivity contribution is 6.42. The number of rotatable bonds is 4. The molecule has 1 atom stereocenters. The van der Waals surface area contributed by atoms with E-state index in [0.29, 0.717) is 0 Å². The van der Waals surface area contributed by atoms with E-state index in [0.717, 1.165) is 19.1 Å². The lowest BCUT2D eigenvalue weighted by atomic mass is 9.93. The third-order valence-electron chi connectivity index (χ3n) is 2.63. The lowest BCUT2D eigenvalue weighted by molar-refractivity contribution is -0.385. The van der Waals surface area contributed by atoms with Gasteiger partial charge in [0, 0.05) is 6.07 Å². The number of nitro groups is 1. The van der Waals surface area contributed by atoms with E-state index in [4.69, 9.17) is 27.9 Å². The van der Waals surface area contributed by atoms with Crippen molar-refractivity contribution in [1.29, 1.82) is 0 Å². The summed E-state index contributed by atoms with van der Waals surface area (Å²) in [6.07, 6.45) is 0. The number of nitrogens with zero attached hydrogens (tertiary/aromatic N) is 1. The summed E-state index contributed by atoms with van der Waals surface area (Å²) < 4.78 is 5.16. The highest BCUT2D eigenvalue weighted by atomic mass is 35.5. The van der Waals surface area contributed by atoms with E-state index in [2.05, 4.69) is 0 Å². The summed E-state index contributed by atoms with van der Waals surface area (Å²) in [5, 5.41) is 11.1. The van der Waals surface area contributed by atoms with Crippen LogP contribution < -0.4 is 0 Å². The van der Waals surface area contributed by atoms with Crippen LogP contribution in [0.4, 0.5) is 5.69 Å². The predicted molar refractivity (Wildman–Crippen MR) is 82.4 cm³/mol. The molecule has 1 aromatic rings. The zero-order valence-corrected chi connectivity index (χ0v) is 14.0. The van der Waals surface area contributed by atoms with Gasteiger partial charge in [0.25, 0.3) is 5.69 Å². The molecule has 0 spiro atoms. The molecule has 1 rings (SSSR count). The van der Waals surface area contributed by atoms with Gasteiger partial charge >= 0.3 is 5.97 Å². The molecule has 0 amide bonds. The van der Waals surface area contributed by atoms with Crippen molar-refractivity contribution >= 4 is 40.6 Å². The number of Topliss-reactive ketones (excluding diaryl/α,β-unsaturated/α-hetero) is 1. The second kappa shape index (κ2) is 6.62. The second-order valence-electron chi connectivity index (χ2n) is 5.66. The van der Waals surface area contributed by atoms with Crippen molar-refractivity contribution in [3.63, 3.8) is 0 Å². The van der Waals surface area contributed by atoms with Crippen LogP contribution in [0, 0.1) is 10.1 Å². The second-order valence-corrected chi connectivity index (χ2v) is 6.47. The summed E-state index contributed by atoms with van der Waals surface area (Å²) in [7, 11) is 0. The van der Waals surface area contributed by atoms with Crippen molar-refractivity contribution in [2.24, 2.45) is 0 Å². The zero-order chi connectivity index (χ0) is 17.2. The first kappa shape index (κ1) is 18.4. The fourth-order valence-electron chi connectivity index (χ4n) is 1.81. The van der Waals surface area contributed by atoms with Crippen molar-refractivity contribution in [3.8, 4) is 0 Å². The van der Waals surface area contributed by atoms with Crippen LogP contribution in [0.1, 0.15) is 39.2 Å². The summed E-state index contributed by atoms with van der Waals surface area (Å²) in [5.74, 6) is -2.90. The van der Waals surface area contributed by atoms with E-state index in [9.17, 15) is 19.7 Å². The number of benzene rings is 1. The van der Waals surface area contributed by atoms with Crippen LogP contribution in [0.2, 0.25) is 10.0 Å². The average molecular weight is 348 g/mol. The van der Waals surface area contributed by atoms with Crippen LogP contribution >= 0.6 is 23.2 Å². The lowest BCUT2D eigenvalue weighted by Crippen LogP contribution is -2.31. The molecule has 0 aliphatic rings. The van der Waals surface area contributed by atoms with E-state index in [-0.39, 0.29) is 15.6 Å². The van der Waals surface area contributed by atoms with Gasteiger partial charge in [0.1, 0.15) is 17.3 Å². The Morgan fingerprint density at radius 2 is 1.73 bits per heavy atom. The van der Waals surface area contributed by atoms with Gasteiger partial charge in [0.05, 0.1) is 20.5 Å². The van der Waals surface area contributed by atoms with Gasteiger partial charge in [-0.15, -0.1) is 0 Å². The van der Waals surface area contributed by atoms with Crippen LogP contribution in [0.25, 0.3) is 0 Å². The molecule has 6 nitrogen and oxygen atoms in total. The predicted octanol–water partition coefficient (Wildman–Crippen LogP) is 3.92. The fraction of sp³-hybridized carbons (Fsp3) is 0.429. The first-order valence-corrected chi connectivity index (χ1v) is 7.06. The molecule has 0 fully saturated rings. The molecule has 0 aliphatic carbocycles. The van der Waals surface area contributed by atoms with Crippen LogP contribution in [0.3, 0.4) is 0 Å². The molecule has 0 heterocycles. The zero-order valence-electron chi connectivity index (χ0n) is 12.5. The molecule has 22 heavy (non-hydrogen) atoms. The monoisotopic (exact) mass is 347 g/mol. The van der Waals surface area contributed by atoms with E-state index in [1.54, 1.807) is 20.8 Å². The summed E-state index contributed by atoms with van der Waals surface area (Å²) in [6.45, 7) is 6.04. The minimum Gasteiger partial charge on any atom is -0.459 e.